The number of ether oxygens (including phenoxy) is 1. The second-order valence-electron chi connectivity index (χ2n) is 5.01. The molecule has 0 heterocycles. The molecule has 0 N–H and O–H groups in total. The first-order valence-electron chi connectivity index (χ1n) is 6.65. The summed E-state index contributed by atoms with van der Waals surface area (Å²) in [4.78, 5) is 0. The van der Waals surface area contributed by atoms with Crippen LogP contribution in [0.1, 0.15) is 25.0 Å². The summed E-state index contributed by atoms with van der Waals surface area (Å²) in [5, 5.41) is 0. The fourth-order valence-electron chi connectivity index (χ4n) is 2.17. The number of hydrogen-bond acceptors (Lipinski definition) is 1. The maximum Gasteiger partial charge on any atom is 0.123 e. The van der Waals surface area contributed by atoms with E-state index in [1.54, 1.807) is 7.11 Å². The van der Waals surface area contributed by atoms with Crippen molar-refractivity contribution in [3.8, 4) is 5.75 Å². The summed E-state index contributed by atoms with van der Waals surface area (Å²) in [6, 6.07) is 14.7. The first kappa shape index (κ1) is 14.3. The number of hydrogen-bond donors (Lipinski definition) is 0. The predicted molar refractivity (Wildman–Crippen MR) is 81.4 cm³/mol. The highest BCUT2D eigenvalue weighted by molar-refractivity contribution is 5.70. The average molecular weight is 270 g/mol. The molecule has 0 atom stereocenters. The van der Waals surface area contributed by atoms with Crippen molar-refractivity contribution in [2.45, 2.75) is 20.3 Å². The van der Waals surface area contributed by atoms with Gasteiger partial charge in [-0.2, -0.15) is 0 Å². The second-order valence-corrected chi connectivity index (χ2v) is 5.01. The normalized spacial score (nSPS) is 10.2. The van der Waals surface area contributed by atoms with Crippen molar-refractivity contribution in [3.63, 3.8) is 0 Å². The summed E-state index contributed by atoms with van der Waals surface area (Å²) in [5.41, 5.74) is 4.81. The Bertz CT molecular complexity index is 590. The molecule has 0 spiro atoms. The molecule has 2 aromatic rings. The molecule has 104 valence electrons. The van der Waals surface area contributed by atoms with Crippen LogP contribution in [0.4, 0.5) is 4.39 Å². The van der Waals surface area contributed by atoms with Crippen LogP contribution >= 0.6 is 0 Å². The van der Waals surface area contributed by atoms with E-state index in [1.165, 1.54) is 28.8 Å². The third-order valence-corrected chi connectivity index (χ3v) is 3.34. The molecule has 2 rings (SSSR count). The molecule has 0 amide bonds. The smallest absolute Gasteiger partial charge is 0.123 e. The lowest BCUT2D eigenvalue weighted by Crippen LogP contribution is -1.94. The molecule has 0 unspecified atom stereocenters. The Morgan fingerprint density at radius 1 is 0.950 bits per heavy atom. The molecule has 0 aliphatic rings. The Hall–Kier alpha value is -2.09. The minimum Gasteiger partial charge on any atom is -0.497 e. The van der Waals surface area contributed by atoms with Crippen LogP contribution in [-0.4, -0.2) is 7.11 Å². The van der Waals surface area contributed by atoms with Crippen molar-refractivity contribution in [1.29, 1.82) is 0 Å². The van der Waals surface area contributed by atoms with E-state index in [-0.39, 0.29) is 5.82 Å². The fourth-order valence-corrected chi connectivity index (χ4v) is 2.17. The van der Waals surface area contributed by atoms with Crippen molar-refractivity contribution in [2.75, 3.05) is 7.11 Å². The molecule has 0 saturated heterocycles. The zero-order valence-electron chi connectivity index (χ0n) is 12.1. The SMILES string of the molecule is COc1ccc(C(Cc2ccc(F)cc2)=C(C)C)cc1. The first-order chi connectivity index (χ1) is 9.60. The zero-order chi connectivity index (χ0) is 14.5. The monoisotopic (exact) mass is 270 g/mol. The minimum absolute atomic E-state index is 0.197. The number of halogens is 1. The van der Waals surface area contributed by atoms with Crippen molar-refractivity contribution in [1.82, 2.24) is 0 Å². The van der Waals surface area contributed by atoms with E-state index in [0.717, 1.165) is 17.7 Å². The van der Waals surface area contributed by atoms with Crippen LogP contribution in [0.3, 0.4) is 0 Å². The molecule has 2 heteroatoms. The average Bonchev–Trinajstić information content (AvgIpc) is 2.46. The Morgan fingerprint density at radius 3 is 2.05 bits per heavy atom. The van der Waals surface area contributed by atoms with Crippen LogP contribution in [0.2, 0.25) is 0 Å². The van der Waals surface area contributed by atoms with Gasteiger partial charge in [-0.1, -0.05) is 29.8 Å². The lowest BCUT2D eigenvalue weighted by atomic mass is 9.94. The Labute approximate surface area is 119 Å². The topological polar surface area (TPSA) is 9.23 Å². The summed E-state index contributed by atoms with van der Waals surface area (Å²) in [6.45, 7) is 4.20. The Kier molecular flexibility index (Phi) is 4.57. The second kappa shape index (κ2) is 6.38. The maximum atomic E-state index is 13.0. The van der Waals surface area contributed by atoms with Crippen LogP contribution in [-0.2, 0) is 6.42 Å². The van der Waals surface area contributed by atoms with Gasteiger partial charge in [0, 0.05) is 0 Å². The lowest BCUT2D eigenvalue weighted by molar-refractivity contribution is 0.415. The third-order valence-electron chi connectivity index (χ3n) is 3.34. The van der Waals surface area contributed by atoms with Crippen molar-refractivity contribution in [3.05, 3.63) is 71.0 Å². The van der Waals surface area contributed by atoms with Gasteiger partial charge in [-0.05, 0) is 61.2 Å². The Morgan fingerprint density at radius 2 is 1.55 bits per heavy atom. The Balaban J connectivity index is 2.27. The highest BCUT2D eigenvalue weighted by Crippen LogP contribution is 2.25. The van der Waals surface area contributed by atoms with Gasteiger partial charge < -0.3 is 4.74 Å². The van der Waals surface area contributed by atoms with E-state index in [1.807, 2.05) is 24.3 Å². The van der Waals surface area contributed by atoms with Gasteiger partial charge >= 0.3 is 0 Å². The molecule has 20 heavy (non-hydrogen) atoms. The summed E-state index contributed by atoms with van der Waals surface area (Å²) >= 11 is 0. The van der Waals surface area contributed by atoms with Crippen molar-refractivity contribution < 1.29 is 9.13 Å². The number of rotatable bonds is 4. The van der Waals surface area contributed by atoms with Gasteiger partial charge in [0.05, 0.1) is 7.11 Å². The maximum absolute atomic E-state index is 13.0. The summed E-state index contributed by atoms with van der Waals surface area (Å²) < 4.78 is 18.1. The van der Waals surface area contributed by atoms with Crippen LogP contribution in [0.25, 0.3) is 5.57 Å². The van der Waals surface area contributed by atoms with Crippen LogP contribution < -0.4 is 4.74 Å². The predicted octanol–water partition coefficient (Wildman–Crippen LogP) is 4.87. The highest BCUT2D eigenvalue weighted by atomic mass is 19.1. The third kappa shape index (κ3) is 3.47. The van der Waals surface area contributed by atoms with Gasteiger partial charge in [0.1, 0.15) is 11.6 Å². The van der Waals surface area contributed by atoms with Gasteiger partial charge in [0.2, 0.25) is 0 Å². The molecular weight excluding hydrogens is 251 g/mol. The molecule has 1 nitrogen and oxygen atoms in total. The quantitative estimate of drug-likeness (QED) is 0.770. The molecule has 0 saturated carbocycles. The first-order valence-corrected chi connectivity index (χ1v) is 6.65. The standard InChI is InChI=1S/C18H19FO/c1-13(2)18(12-14-4-8-16(19)9-5-14)15-6-10-17(20-3)11-7-15/h4-11H,12H2,1-3H3. The number of methoxy groups -OCH3 is 1. The zero-order valence-corrected chi connectivity index (χ0v) is 12.1. The minimum atomic E-state index is -0.197. The number of benzene rings is 2. The molecule has 2 aromatic carbocycles. The van der Waals surface area contributed by atoms with Crippen LogP contribution in [0.15, 0.2) is 54.1 Å². The molecule has 0 aliphatic heterocycles. The summed E-state index contributed by atoms with van der Waals surface area (Å²) in [5.74, 6) is 0.653. The molecular formula is C18H19FO. The van der Waals surface area contributed by atoms with Crippen LogP contribution in [0, 0.1) is 5.82 Å². The van der Waals surface area contributed by atoms with E-state index >= 15 is 0 Å². The fraction of sp³-hybridized carbons (Fsp3) is 0.222. The molecule has 0 fully saturated rings. The largest absolute Gasteiger partial charge is 0.497 e. The van der Waals surface area contributed by atoms with Gasteiger partial charge in [-0.25, -0.2) is 4.39 Å². The summed E-state index contributed by atoms with van der Waals surface area (Å²) in [6.07, 6.45) is 0.801. The van der Waals surface area contributed by atoms with Gasteiger partial charge in [-0.15, -0.1) is 0 Å². The van der Waals surface area contributed by atoms with Crippen molar-refractivity contribution >= 4 is 5.57 Å². The lowest BCUT2D eigenvalue weighted by Gasteiger charge is -2.11. The van der Waals surface area contributed by atoms with Crippen molar-refractivity contribution in [2.24, 2.45) is 0 Å². The molecule has 0 bridgehead atoms. The van der Waals surface area contributed by atoms with E-state index in [2.05, 4.69) is 26.0 Å². The summed E-state index contributed by atoms with van der Waals surface area (Å²) in [7, 11) is 1.66. The van der Waals surface area contributed by atoms with Crippen LogP contribution in [0.5, 0.6) is 5.75 Å². The highest BCUT2D eigenvalue weighted by Gasteiger charge is 2.06. The molecule has 0 aromatic heterocycles. The van der Waals surface area contributed by atoms with Gasteiger partial charge in [0.15, 0.2) is 0 Å². The molecule has 0 aliphatic carbocycles. The van der Waals surface area contributed by atoms with E-state index in [0.29, 0.717) is 0 Å². The van der Waals surface area contributed by atoms with E-state index in [4.69, 9.17) is 4.74 Å². The van der Waals surface area contributed by atoms with Gasteiger partial charge in [-0.3, -0.25) is 0 Å². The van der Waals surface area contributed by atoms with Gasteiger partial charge in [0.25, 0.3) is 0 Å². The van der Waals surface area contributed by atoms with E-state index < -0.39 is 0 Å². The van der Waals surface area contributed by atoms with E-state index in [9.17, 15) is 4.39 Å². The number of allylic oxidation sites excluding steroid dienone is 2. The molecule has 0 radical (unpaired) electrons.